The average Bonchev–Trinajstić information content (AvgIpc) is 2.09. The van der Waals surface area contributed by atoms with Gasteiger partial charge >= 0.3 is 5.69 Å². The lowest BCUT2D eigenvalue weighted by Crippen LogP contribution is -1.98. The molecule has 0 heterocycles. The van der Waals surface area contributed by atoms with E-state index in [1.54, 1.807) is 0 Å². The molecular formula is C7H4F2NO3+. The van der Waals surface area contributed by atoms with Crippen LogP contribution in [0.4, 0.5) is 14.5 Å². The summed E-state index contributed by atoms with van der Waals surface area (Å²) in [6.45, 7) is 0. The summed E-state index contributed by atoms with van der Waals surface area (Å²) in [5, 5.41) is 8.33. The van der Waals surface area contributed by atoms with Crippen molar-refractivity contribution in [3.05, 3.63) is 34.2 Å². The molecule has 0 saturated carbocycles. The van der Waals surface area contributed by atoms with Gasteiger partial charge in [-0.1, -0.05) is 0 Å². The van der Waals surface area contributed by atoms with E-state index in [0.29, 0.717) is 6.07 Å². The first-order valence-corrected chi connectivity index (χ1v) is 3.16. The van der Waals surface area contributed by atoms with Gasteiger partial charge in [0.2, 0.25) is 0 Å². The highest BCUT2D eigenvalue weighted by Gasteiger charge is 2.19. The number of carbonyl (C=O) groups excluding carboxylic acids is 1. The van der Waals surface area contributed by atoms with Crippen molar-refractivity contribution in [1.29, 1.82) is 0 Å². The summed E-state index contributed by atoms with van der Waals surface area (Å²) in [6.07, 6.45) is 0.0470. The summed E-state index contributed by atoms with van der Waals surface area (Å²) in [5.74, 6) is -2.71. The van der Waals surface area contributed by atoms with Gasteiger partial charge in [0.25, 0.3) is 4.92 Å². The number of rotatable bonds is 2. The number of benzene rings is 1. The smallest absolute Gasteiger partial charge is 0.298 e. The Morgan fingerprint density at radius 3 is 2.46 bits per heavy atom. The third-order valence-corrected chi connectivity index (χ3v) is 1.39. The number of hydrogen-bond acceptors (Lipinski definition) is 2. The molecule has 6 heteroatoms. The lowest BCUT2D eigenvalue weighted by molar-refractivity contribution is -0.729. The van der Waals surface area contributed by atoms with Crippen molar-refractivity contribution in [3.8, 4) is 0 Å². The summed E-state index contributed by atoms with van der Waals surface area (Å²) in [4.78, 5) is 19.7. The molecule has 0 aromatic heterocycles. The van der Waals surface area contributed by atoms with Gasteiger partial charge < -0.3 is 0 Å². The molecule has 0 aliphatic carbocycles. The van der Waals surface area contributed by atoms with E-state index >= 15 is 0 Å². The highest BCUT2D eigenvalue weighted by molar-refractivity contribution is 5.76. The maximum atomic E-state index is 12.6. The minimum Gasteiger partial charge on any atom is -0.298 e. The third-order valence-electron chi connectivity index (χ3n) is 1.39. The molecule has 68 valence electrons. The summed E-state index contributed by atoms with van der Waals surface area (Å²) in [7, 11) is 0. The Balaban J connectivity index is 3.38. The van der Waals surface area contributed by atoms with E-state index in [1.165, 1.54) is 0 Å². The molecule has 1 N–H and O–H groups in total. The summed E-state index contributed by atoms with van der Waals surface area (Å²) >= 11 is 0. The van der Waals surface area contributed by atoms with Crippen LogP contribution in [0.2, 0.25) is 0 Å². The Hall–Kier alpha value is -1.85. The molecule has 13 heavy (non-hydrogen) atoms. The molecule has 0 aliphatic heterocycles. The van der Waals surface area contributed by atoms with E-state index in [2.05, 4.69) is 0 Å². The second kappa shape index (κ2) is 3.26. The van der Waals surface area contributed by atoms with Gasteiger partial charge in [-0.2, -0.15) is 0 Å². The third kappa shape index (κ3) is 1.66. The van der Waals surface area contributed by atoms with Crippen LogP contribution in [0.1, 0.15) is 10.4 Å². The minimum atomic E-state index is -1.37. The van der Waals surface area contributed by atoms with E-state index < -0.39 is 27.8 Å². The normalized spacial score (nSPS) is 9.69. The number of carbonyl (C=O) groups is 1. The topological polar surface area (TPSA) is 57.4 Å². The fourth-order valence-electron chi connectivity index (χ4n) is 0.792. The van der Waals surface area contributed by atoms with Gasteiger partial charge in [0.15, 0.2) is 17.9 Å². The van der Waals surface area contributed by atoms with Crippen LogP contribution >= 0.6 is 0 Å². The Bertz CT molecular complexity index is 378. The zero-order valence-corrected chi connectivity index (χ0v) is 6.20. The highest BCUT2D eigenvalue weighted by atomic mass is 19.2. The van der Waals surface area contributed by atoms with Crippen molar-refractivity contribution in [2.45, 2.75) is 0 Å². The fourth-order valence-corrected chi connectivity index (χ4v) is 0.792. The van der Waals surface area contributed by atoms with E-state index in [4.69, 9.17) is 5.21 Å². The lowest BCUT2D eigenvalue weighted by atomic mass is 10.2. The molecule has 0 aliphatic rings. The van der Waals surface area contributed by atoms with Crippen LogP contribution < -0.4 is 0 Å². The Morgan fingerprint density at radius 2 is 2.00 bits per heavy atom. The predicted molar refractivity (Wildman–Crippen MR) is 36.8 cm³/mol. The molecule has 1 aromatic carbocycles. The van der Waals surface area contributed by atoms with Gasteiger partial charge in [-0.15, -0.1) is 0 Å². The molecule has 0 amide bonds. The first kappa shape index (κ1) is 9.24. The standard InChI is InChI=1S/C7H4F2NO3/c8-6-2-5(10(12)13)1-4(3-11)7(6)9/h1-3H,(H,12,13)/q+1. The Morgan fingerprint density at radius 1 is 1.38 bits per heavy atom. The zero-order chi connectivity index (χ0) is 10.0. The van der Waals surface area contributed by atoms with Crippen LogP contribution in [-0.2, 0) is 0 Å². The summed E-state index contributed by atoms with van der Waals surface area (Å²) < 4.78 is 25.2. The molecule has 0 atom stereocenters. The molecule has 1 rings (SSSR count). The summed E-state index contributed by atoms with van der Waals surface area (Å²) in [6, 6.07) is 1.22. The minimum absolute atomic E-state index is 0.0470. The lowest BCUT2D eigenvalue weighted by Gasteiger charge is -1.93. The van der Waals surface area contributed by atoms with Gasteiger partial charge in [0, 0.05) is 6.07 Å². The maximum Gasteiger partial charge on any atom is 0.320 e. The molecule has 0 radical (unpaired) electrons. The maximum absolute atomic E-state index is 12.6. The number of nitrogens with zero attached hydrogens (tertiary/aromatic N) is 1. The second-order valence-electron chi connectivity index (χ2n) is 2.22. The SMILES string of the molecule is O=Cc1cc([N+](=O)O)cc(F)c1F. The molecule has 4 nitrogen and oxygen atoms in total. The molecule has 0 fully saturated rings. The molecule has 0 spiro atoms. The summed E-state index contributed by atoms with van der Waals surface area (Å²) in [5.41, 5.74) is -1.16. The van der Waals surface area contributed by atoms with E-state index in [-0.39, 0.29) is 6.29 Å². The van der Waals surface area contributed by atoms with Crippen LogP contribution in [0.15, 0.2) is 12.1 Å². The van der Waals surface area contributed by atoms with Crippen molar-refractivity contribution in [2.24, 2.45) is 0 Å². The molecule has 0 unspecified atom stereocenters. The number of halogens is 2. The molecule has 0 bridgehead atoms. The molecular weight excluding hydrogens is 184 g/mol. The number of aldehydes is 1. The predicted octanol–water partition coefficient (Wildman–Crippen LogP) is 1.58. The average molecular weight is 188 g/mol. The Labute approximate surface area is 70.9 Å². The monoisotopic (exact) mass is 188 g/mol. The van der Waals surface area contributed by atoms with Crippen LogP contribution in [0.3, 0.4) is 0 Å². The van der Waals surface area contributed by atoms with Crippen molar-refractivity contribution in [2.75, 3.05) is 0 Å². The van der Waals surface area contributed by atoms with Gasteiger partial charge in [0.1, 0.15) is 0 Å². The van der Waals surface area contributed by atoms with Crippen molar-refractivity contribution in [3.63, 3.8) is 0 Å². The van der Waals surface area contributed by atoms with Crippen LogP contribution in [0.25, 0.3) is 0 Å². The van der Waals surface area contributed by atoms with Gasteiger partial charge in [-0.05, 0) is 0 Å². The number of hydrogen-bond donors (Lipinski definition) is 1. The fraction of sp³-hybridized carbons (Fsp3) is 0. The highest BCUT2D eigenvalue weighted by Crippen LogP contribution is 2.18. The van der Waals surface area contributed by atoms with Crippen molar-refractivity contribution < 1.29 is 23.7 Å². The van der Waals surface area contributed by atoms with Crippen LogP contribution in [0.5, 0.6) is 0 Å². The van der Waals surface area contributed by atoms with E-state index in [9.17, 15) is 18.5 Å². The van der Waals surface area contributed by atoms with Gasteiger partial charge in [0.05, 0.1) is 16.5 Å². The first-order chi connectivity index (χ1) is 6.06. The van der Waals surface area contributed by atoms with Crippen molar-refractivity contribution in [1.82, 2.24) is 0 Å². The molecule has 0 saturated heterocycles. The second-order valence-corrected chi connectivity index (χ2v) is 2.22. The van der Waals surface area contributed by atoms with E-state index in [1.807, 2.05) is 0 Å². The zero-order valence-electron chi connectivity index (χ0n) is 6.20. The quantitative estimate of drug-likeness (QED) is 0.566. The van der Waals surface area contributed by atoms with Crippen molar-refractivity contribution >= 4 is 12.0 Å². The van der Waals surface area contributed by atoms with Gasteiger partial charge in [-0.3, -0.25) is 4.79 Å². The van der Waals surface area contributed by atoms with Crippen LogP contribution in [0, 0.1) is 16.5 Å². The van der Waals surface area contributed by atoms with Gasteiger partial charge in [-0.25, -0.2) is 14.0 Å². The van der Waals surface area contributed by atoms with E-state index in [0.717, 1.165) is 6.07 Å². The molecule has 1 aromatic rings. The van der Waals surface area contributed by atoms with Crippen LogP contribution in [-0.4, -0.2) is 16.4 Å². The first-order valence-electron chi connectivity index (χ1n) is 3.16. The Kier molecular flexibility index (Phi) is 2.32. The largest absolute Gasteiger partial charge is 0.320 e.